The summed E-state index contributed by atoms with van der Waals surface area (Å²) in [5.41, 5.74) is 3.00. The molecule has 0 saturated heterocycles. The van der Waals surface area contributed by atoms with Gasteiger partial charge in [-0.1, -0.05) is 37.6 Å². The molecule has 2 aromatic carbocycles. The summed E-state index contributed by atoms with van der Waals surface area (Å²) in [6.45, 7) is 5.10. The fourth-order valence-electron chi connectivity index (χ4n) is 3.57. The molecule has 0 atom stereocenters. The molecule has 6 nitrogen and oxygen atoms in total. The highest BCUT2D eigenvalue weighted by Crippen LogP contribution is 2.37. The molecule has 8 heteroatoms. The number of carboxylic acid groups (broad SMARTS) is 1. The number of imidazole rings is 1. The normalized spacial score (nSPS) is 12.5. The Hall–Kier alpha value is -2.64. The summed E-state index contributed by atoms with van der Waals surface area (Å²) in [6, 6.07) is 11.8. The molecular weight excluding hydrogens is 448 g/mol. The van der Waals surface area contributed by atoms with Gasteiger partial charge in [-0.05, 0) is 35.7 Å². The fourth-order valence-corrected chi connectivity index (χ4v) is 4.56. The number of rotatable bonds is 9. The highest BCUT2D eigenvalue weighted by Gasteiger charge is 2.18. The van der Waals surface area contributed by atoms with Crippen molar-refractivity contribution in [2.75, 3.05) is 6.79 Å². The summed E-state index contributed by atoms with van der Waals surface area (Å²) in [5, 5.41) is 9.47. The fraction of sp³-hybridized carbons (Fsp3) is 0.333. The second-order valence-electron chi connectivity index (χ2n) is 8.00. The molecule has 0 radical (unpaired) electrons. The van der Waals surface area contributed by atoms with Gasteiger partial charge in [-0.2, -0.15) is 0 Å². The lowest BCUT2D eigenvalue weighted by molar-refractivity contribution is -0.136. The molecule has 2 heterocycles. The molecule has 32 heavy (non-hydrogen) atoms. The van der Waals surface area contributed by atoms with Gasteiger partial charge in [0, 0.05) is 40.3 Å². The van der Waals surface area contributed by atoms with Crippen molar-refractivity contribution in [1.82, 2.24) is 9.55 Å². The number of benzene rings is 2. The topological polar surface area (TPSA) is 73.6 Å². The van der Waals surface area contributed by atoms with Crippen LogP contribution >= 0.6 is 23.4 Å². The molecule has 0 amide bonds. The van der Waals surface area contributed by atoms with Gasteiger partial charge in [0.25, 0.3) is 0 Å². The molecule has 168 valence electrons. The molecule has 1 aliphatic rings. The van der Waals surface area contributed by atoms with E-state index in [0.717, 1.165) is 39.0 Å². The van der Waals surface area contributed by atoms with E-state index in [1.54, 1.807) is 11.8 Å². The maximum atomic E-state index is 10.7. The molecule has 0 aliphatic carbocycles. The maximum absolute atomic E-state index is 10.7. The number of nitrogens with zero attached hydrogens (tertiary/aromatic N) is 2. The van der Waals surface area contributed by atoms with Crippen LogP contribution in [-0.4, -0.2) is 27.4 Å². The Morgan fingerprint density at radius 1 is 1.22 bits per heavy atom. The number of carboxylic acids is 1. The third-order valence-electron chi connectivity index (χ3n) is 5.19. The van der Waals surface area contributed by atoms with E-state index >= 15 is 0 Å². The smallest absolute Gasteiger partial charge is 0.303 e. The van der Waals surface area contributed by atoms with Gasteiger partial charge in [-0.25, -0.2) is 4.98 Å². The van der Waals surface area contributed by atoms with Crippen molar-refractivity contribution in [3.63, 3.8) is 0 Å². The van der Waals surface area contributed by atoms with Gasteiger partial charge in [0.15, 0.2) is 11.5 Å². The van der Waals surface area contributed by atoms with E-state index in [4.69, 9.17) is 31.2 Å². The van der Waals surface area contributed by atoms with Crippen molar-refractivity contribution in [3.05, 3.63) is 70.3 Å². The predicted molar refractivity (Wildman–Crippen MR) is 125 cm³/mol. The SMILES string of the molecule is CC(C)c1nc(CSc2ccc(CCC(=O)O)cc2)cn1Cc1cc2c(cc1Cl)OCO2. The molecular formula is C24H25ClN2O4S. The minimum atomic E-state index is -0.776. The Labute approximate surface area is 196 Å². The van der Waals surface area contributed by atoms with E-state index in [0.29, 0.717) is 23.7 Å². The molecule has 1 aliphatic heterocycles. The molecule has 1 aromatic heterocycles. The second-order valence-corrected chi connectivity index (χ2v) is 9.45. The van der Waals surface area contributed by atoms with Gasteiger partial charge in [-0.15, -0.1) is 11.8 Å². The van der Waals surface area contributed by atoms with Crippen LogP contribution in [0.15, 0.2) is 47.5 Å². The van der Waals surface area contributed by atoms with Crippen LogP contribution in [0.3, 0.4) is 0 Å². The summed E-state index contributed by atoms with van der Waals surface area (Å²) < 4.78 is 13.1. The number of aryl methyl sites for hydroxylation is 1. The number of thioether (sulfide) groups is 1. The first-order valence-electron chi connectivity index (χ1n) is 10.5. The maximum Gasteiger partial charge on any atom is 0.303 e. The van der Waals surface area contributed by atoms with Crippen molar-refractivity contribution in [1.29, 1.82) is 0 Å². The zero-order valence-corrected chi connectivity index (χ0v) is 19.6. The lowest BCUT2D eigenvalue weighted by Gasteiger charge is -2.12. The average Bonchev–Trinajstić information content (AvgIpc) is 3.38. The number of ether oxygens (including phenoxy) is 2. The summed E-state index contributed by atoms with van der Waals surface area (Å²) >= 11 is 8.20. The number of halogens is 1. The van der Waals surface area contributed by atoms with E-state index in [-0.39, 0.29) is 19.1 Å². The standard InChI is InChI=1S/C24H25ClN2O4S/c1-15(2)24-26-18(13-32-19-6-3-16(4-7-19)5-8-23(28)29)12-27(24)11-17-9-21-22(10-20(17)25)31-14-30-21/h3-4,6-7,9-10,12,15H,5,8,11,13-14H2,1-2H3,(H,28,29). The van der Waals surface area contributed by atoms with Gasteiger partial charge in [-0.3, -0.25) is 4.79 Å². The number of carbonyl (C=O) groups is 1. The predicted octanol–water partition coefficient (Wildman–Crippen LogP) is 5.75. The van der Waals surface area contributed by atoms with E-state index in [9.17, 15) is 4.79 Å². The van der Waals surface area contributed by atoms with E-state index in [2.05, 4.69) is 24.6 Å². The third-order valence-corrected chi connectivity index (χ3v) is 6.59. The summed E-state index contributed by atoms with van der Waals surface area (Å²) in [5.74, 6) is 2.66. The van der Waals surface area contributed by atoms with Gasteiger partial charge >= 0.3 is 5.97 Å². The van der Waals surface area contributed by atoms with Crippen molar-refractivity contribution in [2.45, 2.75) is 49.8 Å². The molecule has 3 aromatic rings. The quantitative estimate of drug-likeness (QED) is 0.400. The van der Waals surface area contributed by atoms with Crippen molar-refractivity contribution < 1.29 is 19.4 Å². The van der Waals surface area contributed by atoms with Crippen LogP contribution in [0.4, 0.5) is 0 Å². The van der Waals surface area contributed by atoms with Gasteiger partial charge in [0.2, 0.25) is 6.79 Å². The van der Waals surface area contributed by atoms with Crippen molar-refractivity contribution >= 4 is 29.3 Å². The number of fused-ring (bicyclic) bond motifs is 1. The van der Waals surface area contributed by atoms with Crippen LogP contribution < -0.4 is 9.47 Å². The first kappa shape index (κ1) is 22.6. The Morgan fingerprint density at radius 3 is 2.62 bits per heavy atom. The van der Waals surface area contributed by atoms with Gasteiger partial charge < -0.3 is 19.1 Å². The van der Waals surface area contributed by atoms with Crippen LogP contribution in [0, 0.1) is 0 Å². The first-order valence-corrected chi connectivity index (χ1v) is 11.8. The van der Waals surface area contributed by atoms with Crippen molar-refractivity contribution in [3.8, 4) is 11.5 Å². The van der Waals surface area contributed by atoms with Crippen molar-refractivity contribution in [2.24, 2.45) is 0 Å². The highest BCUT2D eigenvalue weighted by atomic mass is 35.5. The molecule has 4 rings (SSSR count). The number of aliphatic carboxylic acids is 1. The van der Waals surface area contributed by atoms with Crippen LogP contribution in [0.5, 0.6) is 11.5 Å². The summed E-state index contributed by atoms with van der Waals surface area (Å²) in [4.78, 5) is 16.7. The number of hydrogen-bond acceptors (Lipinski definition) is 5. The molecule has 0 saturated carbocycles. The van der Waals surface area contributed by atoms with Gasteiger partial charge in [0.1, 0.15) is 5.82 Å². The zero-order valence-electron chi connectivity index (χ0n) is 18.0. The monoisotopic (exact) mass is 472 g/mol. The largest absolute Gasteiger partial charge is 0.481 e. The molecule has 0 unspecified atom stereocenters. The Kier molecular flexibility index (Phi) is 6.96. The third kappa shape index (κ3) is 5.40. The van der Waals surface area contributed by atoms with E-state index < -0.39 is 5.97 Å². The first-order chi connectivity index (χ1) is 15.4. The minimum absolute atomic E-state index is 0.148. The summed E-state index contributed by atoms with van der Waals surface area (Å²) in [6.07, 6.45) is 2.78. The lowest BCUT2D eigenvalue weighted by Crippen LogP contribution is -2.06. The van der Waals surface area contributed by atoms with E-state index in [1.165, 1.54) is 0 Å². The number of hydrogen-bond donors (Lipinski definition) is 1. The minimum Gasteiger partial charge on any atom is -0.481 e. The van der Waals surface area contributed by atoms with Crippen LogP contribution in [0.2, 0.25) is 5.02 Å². The average molecular weight is 473 g/mol. The van der Waals surface area contributed by atoms with E-state index in [1.807, 2.05) is 36.4 Å². The molecule has 1 N–H and O–H groups in total. The zero-order chi connectivity index (χ0) is 22.7. The lowest BCUT2D eigenvalue weighted by atomic mass is 10.1. The molecule has 0 spiro atoms. The highest BCUT2D eigenvalue weighted by molar-refractivity contribution is 7.98. The molecule has 0 bridgehead atoms. The van der Waals surface area contributed by atoms with Crippen LogP contribution in [0.25, 0.3) is 0 Å². The summed E-state index contributed by atoms with van der Waals surface area (Å²) in [7, 11) is 0. The van der Waals surface area contributed by atoms with Gasteiger partial charge in [0.05, 0.1) is 12.2 Å². The van der Waals surface area contributed by atoms with Crippen LogP contribution in [-0.2, 0) is 23.5 Å². The number of aromatic nitrogens is 2. The Bertz CT molecular complexity index is 1110. The Balaban J connectivity index is 1.45. The molecule has 0 fully saturated rings. The van der Waals surface area contributed by atoms with Crippen LogP contribution in [0.1, 0.15) is 48.8 Å². The second kappa shape index (κ2) is 9.88. The Morgan fingerprint density at radius 2 is 1.94 bits per heavy atom.